The summed E-state index contributed by atoms with van der Waals surface area (Å²) >= 11 is 0. The Morgan fingerprint density at radius 2 is 1.62 bits per heavy atom. The van der Waals surface area contributed by atoms with Gasteiger partial charge < -0.3 is 14.5 Å². The van der Waals surface area contributed by atoms with Crippen molar-refractivity contribution in [2.75, 3.05) is 5.32 Å². The van der Waals surface area contributed by atoms with Crippen molar-refractivity contribution < 1.29 is 9.53 Å². The molecule has 0 atom stereocenters. The highest BCUT2D eigenvalue weighted by molar-refractivity contribution is 6.06. The van der Waals surface area contributed by atoms with Crippen LogP contribution in [-0.2, 0) is 0 Å². The average molecular weight is 419 g/mol. The van der Waals surface area contributed by atoms with Gasteiger partial charge in [-0.1, -0.05) is 48.5 Å². The number of hydrogen-bond donors (Lipinski definition) is 1. The number of aromatic nitrogens is 2. The molecule has 0 radical (unpaired) electrons. The molecule has 2 heterocycles. The van der Waals surface area contributed by atoms with E-state index in [-0.39, 0.29) is 5.91 Å². The maximum absolute atomic E-state index is 12.9. The monoisotopic (exact) mass is 419 g/mol. The number of rotatable bonds is 5. The minimum absolute atomic E-state index is 0.229. The molecule has 0 spiro atoms. The van der Waals surface area contributed by atoms with Gasteiger partial charge in [0.15, 0.2) is 0 Å². The van der Waals surface area contributed by atoms with E-state index in [1.807, 2.05) is 103 Å². The minimum atomic E-state index is -0.229. The zero-order valence-corrected chi connectivity index (χ0v) is 17.5. The lowest BCUT2D eigenvalue weighted by molar-refractivity contribution is 0.102. The molecule has 1 amide bonds. The summed E-state index contributed by atoms with van der Waals surface area (Å²) in [6, 6.07) is 28.3. The summed E-state index contributed by atoms with van der Waals surface area (Å²) in [5.41, 5.74) is 5.11. The quantitative estimate of drug-likeness (QED) is 0.361. The zero-order chi connectivity index (χ0) is 21.9. The van der Waals surface area contributed by atoms with Gasteiger partial charge in [0.05, 0.1) is 11.3 Å². The van der Waals surface area contributed by atoms with Crippen molar-refractivity contribution in [2.45, 2.75) is 6.92 Å². The number of pyridine rings is 1. The Bertz CT molecular complexity index is 1390. The van der Waals surface area contributed by atoms with Gasteiger partial charge in [0, 0.05) is 23.6 Å². The number of aryl methyl sites for hydroxylation is 1. The molecule has 156 valence electrons. The van der Waals surface area contributed by atoms with Crippen LogP contribution in [0, 0.1) is 6.92 Å². The third kappa shape index (κ3) is 3.96. The Morgan fingerprint density at radius 1 is 0.875 bits per heavy atom. The maximum Gasteiger partial charge on any atom is 0.259 e. The van der Waals surface area contributed by atoms with E-state index >= 15 is 0 Å². The van der Waals surface area contributed by atoms with Crippen molar-refractivity contribution in [3.63, 3.8) is 0 Å². The van der Waals surface area contributed by atoms with E-state index in [2.05, 4.69) is 5.32 Å². The van der Waals surface area contributed by atoms with E-state index in [1.54, 1.807) is 12.1 Å². The van der Waals surface area contributed by atoms with Crippen LogP contribution < -0.4 is 10.1 Å². The molecule has 2 aromatic heterocycles. The minimum Gasteiger partial charge on any atom is -0.457 e. The number of ether oxygens (including phenoxy) is 1. The summed E-state index contributed by atoms with van der Waals surface area (Å²) in [5.74, 6) is 0.959. The van der Waals surface area contributed by atoms with Crippen LogP contribution >= 0.6 is 0 Å². The summed E-state index contributed by atoms with van der Waals surface area (Å²) in [6.07, 6.45) is 4.00. The second kappa shape index (κ2) is 8.40. The summed E-state index contributed by atoms with van der Waals surface area (Å²) in [6.45, 7) is 2.05. The topological polar surface area (TPSA) is 55.6 Å². The SMILES string of the molecule is Cc1cccn2cc(-c3ccc(NC(=O)c4ccccc4Oc4ccccc4)cc3)nc12. The number of amides is 1. The number of carbonyl (C=O) groups excluding carboxylic acids is 1. The highest BCUT2D eigenvalue weighted by Gasteiger charge is 2.13. The van der Waals surface area contributed by atoms with Gasteiger partial charge in [-0.25, -0.2) is 4.98 Å². The van der Waals surface area contributed by atoms with E-state index in [0.29, 0.717) is 22.7 Å². The Balaban J connectivity index is 1.35. The molecule has 0 bridgehead atoms. The number of benzene rings is 3. The third-order valence-electron chi connectivity index (χ3n) is 5.22. The first-order chi connectivity index (χ1) is 15.7. The normalized spacial score (nSPS) is 10.8. The van der Waals surface area contributed by atoms with Gasteiger partial charge in [-0.3, -0.25) is 4.79 Å². The van der Waals surface area contributed by atoms with Crippen LogP contribution in [0.5, 0.6) is 11.5 Å². The van der Waals surface area contributed by atoms with Crippen LogP contribution in [-0.4, -0.2) is 15.3 Å². The molecule has 0 aliphatic rings. The van der Waals surface area contributed by atoms with Gasteiger partial charge in [0.2, 0.25) is 0 Å². The van der Waals surface area contributed by atoms with Crippen molar-refractivity contribution in [1.82, 2.24) is 9.38 Å². The van der Waals surface area contributed by atoms with Crippen molar-refractivity contribution in [3.8, 4) is 22.8 Å². The molecule has 5 aromatic rings. The number of nitrogens with zero attached hydrogens (tertiary/aromatic N) is 2. The van der Waals surface area contributed by atoms with Crippen molar-refractivity contribution >= 4 is 17.2 Å². The molecular weight excluding hydrogens is 398 g/mol. The van der Waals surface area contributed by atoms with Crippen molar-refractivity contribution in [3.05, 3.63) is 115 Å². The first-order valence-corrected chi connectivity index (χ1v) is 10.4. The van der Waals surface area contributed by atoms with Gasteiger partial charge in [-0.2, -0.15) is 0 Å². The number of para-hydroxylation sites is 2. The molecule has 5 heteroatoms. The van der Waals surface area contributed by atoms with Crippen LogP contribution in [0.25, 0.3) is 16.9 Å². The summed E-state index contributed by atoms with van der Waals surface area (Å²) < 4.78 is 7.93. The third-order valence-corrected chi connectivity index (χ3v) is 5.22. The average Bonchev–Trinajstić information content (AvgIpc) is 3.26. The summed E-state index contributed by atoms with van der Waals surface area (Å²) in [4.78, 5) is 17.7. The van der Waals surface area contributed by atoms with Crippen molar-refractivity contribution in [2.24, 2.45) is 0 Å². The number of imidazole rings is 1. The summed E-state index contributed by atoms with van der Waals surface area (Å²) in [5, 5.41) is 2.95. The lowest BCUT2D eigenvalue weighted by Gasteiger charge is -2.11. The highest BCUT2D eigenvalue weighted by Crippen LogP contribution is 2.27. The van der Waals surface area contributed by atoms with Gasteiger partial charge in [-0.05, 0) is 55.0 Å². The van der Waals surface area contributed by atoms with Crippen LogP contribution in [0.2, 0.25) is 0 Å². The molecule has 3 aromatic carbocycles. The fraction of sp³-hybridized carbons (Fsp3) is 0.0370. The molecule has 5 rings (SSSR count). The Labute approximate surface area is 185 Å². The Morgan fingerprint density at radius 3 is 2.41 bits per heavy atom. The molecule has 1 N–H and O–H groups in total. The van der Waals surface area contributed by atoms with E-state index in [9.17, 15) is 4.79 Å². The molecule has 0 aliphatic carbocycles. The predicted molar refractivity (Wildman–Crippen MR) is 126 cm³/mol. The second-order valence-electron chi connectivity index (χ2n) is 7.49. The van der Waals surface area contributed by atoms with Gasteiger partial charge in [0.25, 0.3) is 5.91 Å². The lowest BCUT2D eigenvalue weighted by atomic mass is 10.1. The maximum atomic E-state index is 12.9. The predicted octanol–water partition coefficient (Wildman–Crippen LogP) is 6.35. The van der Waals surface area contributed by atoms with E-state index in [0.717, 1.165) is 22.5 Å². The first kappa shape index (κ1) is 19.6. The number of fused-ring (bicyclic) bond motifs is 1. The Hall–Kier alpha value is -4.38. The fourth-order valence-corrected chi connectivity index (χ4v) is 3.57. The van der Waals surface area contributed by atoms with Crippen LogP contribution in [0.3, 0.4) is 0 Å². The largest absolute Gasteiger partial charge is 0.457 e. The van der Waals surface area contributed by atoms with Gasteiger partial charge >= 0.3 is 0 Å². The molecule has 5 nitrogen and oxygen atoms in total. The number of anilines is 1. The van der Waals surface area contributed by atoms with Gasteiger partial charge in [0.1, 0.15) is 17.1 Å². The molecule has 0 unspecified atom stereocenters. The lowest BCUT2D eigenvalue weighted by Crippen LogP contribution is -2.12. The van der Waals surface area contributed by atoms with Crippen LogP contribution in [0.4, 0.5) is 5.69 Å². The standard InChI is InChI=1S/C27H21N3O2/c1-19-8-7-17-30-18-24(29-26(19)30)20-13-15-21(16-14-20)28-27(31)23-11-5-6-12-25(23)32-22-9-3-2-4-10-22/h2-18H,1H3,(H,28,31). The number of nitrogens with one attached hydrogen (secondary N) is 1. The molecule has 32 heavy (non-hydrogen) atoms. The second-order valence-corrected chi connectivity index (χ2v) is 7.49. The summed E-state index contributed by atoms with van der Waals surface area (Å²) in [7, 11) is 0. The molecule has 0 aliphatic heterocycles. The molecule has 0 fully saturated rings. The molecule has 0 saturated carbocycles. The van der Waals surface area contributed by atoms with Crippen molar-refractivity contribution in [1.29, 1.82) is 0 Å². The van der Waals surface area contributed by atoms with Crippen LogP contribution in [0.1, 0.15) is 15.9 Å². The Kier molecular flexibility index (Phi) is 5.14. The highest BCUT2D eigenvalue weighted by atomic mass is 16.5. The zero-order valence-electron chi connectivity index (χ0n) is 17.5. The van der Waals surface area contributed by atoms with E-state index in [1.165, 1.54) is 0 Å². The molecular formula is C27H21N3O2. The fourth-order valence-electron chi connectivity index (χ4n) is 3.57. The van der Waals surface area contributed by atoms with Gasteiger partial charge in [-0.15, -0.1) is 0 Å². The number of hydrogen-bond acceptors (Lipinski definition) is 3. The number of carbonyl (C=O) groups is 1. The first-order valence-electron chi connectivity index (χ1n) is 10.4. The van der Waals surface area contributed by atoms with Crippen LogP contribution in [0.15, 0.2) is 103 Å². The van der Waals surface area contributed by atoms with E-state index < -0.39 is 0 Å². The van der Waals surface area contributed by atoms with E-state index in [4.69, 9.17) is 9.72 Å². The molecule has 0 saturated heterocycles. The smallest absolute Gasteiger partial charge is 0.259 e.